The molecule has 1 unspecified atom stereocenters. The van der Waals surface area contributed by atoms with Gasteiger partial charge in [-0.25, -0.2) is 9.07 Å². The number of fused-ring (bicyclic) bond motifs is 2. The van der Waals surface area contributed by atoms with E-state index in [4.69, 9.17) is 0 Å². The van der Waals surface area contributed by atoms with Crippen LogP contribution in [0.25, 0.3) is 27.5 Å². The minimum atomic E-state index is -4.94. The van der Waals surface area contributed by atoms with Gasteiger partial charge in [-0.1, -0.05) is 18.2 Å². The Morgan fingerprint density at radius 3 is 2.42 bits per heavy atom. The molecular weight excluding hydrogens is 502 g/mol. The Labute approximate surface area is 193 Å². The normalized spacial score (nSPS) is 14.1. The molecule has 0 bridgehead atoms. The first kappa shape index (κ1) is 21.7. The van der Waals surface area contributed by atoms with Crippen molar-refractivity contribution in [2.75, 3.05) is 0 Å². The number of rotatable bonds is 4. The summed E-state index contributed by atoms with van der Waals surface area (Å²) >= 11 is 3.38. The largest absolute Gasteiger partial charge is 0.423 e. The molecule has 0 aliphatic carbocycles. The van der Waals surface area contributed by atoms with Crippen LogP contribution in [-0.2, 0) is 12.1 Å². The highest BCUT2D eigenvalue weighted by molar-refractivity contribution is 9.10. The van der Waals surface area contributed by atoms with Gasteiger partial charge in [0.25, 0.3) is 0 Å². The van der Waals surface area contributed by atoms with Gasteiger partial charge in [0.05, 0.1) is 29.5 Å². The number of alkyl halides is 3. The lowest BCUT2D eigenvalue weighted by atomic mass is 9.91. The third-order valence-electron chi connectivity index (χ3n) is 5.72. The van der Waals surface area contributed by atoms with Crippen LogP contribution >= 0.6 is 15.9 Å². The summed E-state index contributed by atoms with van der Waals surface area (Å²) in [6.45, 7) is -0.722. The number of para-hydroxylation sites is 1. The van der Waals surface area contributed by atoms with Gasteiger partial charge in [-0.05, 0) is 70.0 Å². The third-order valence-corrected chi connectivity index (χ3v) is 6.36. The van der Waals surface area contributed by atoms with Crippen molar-refractivity contribution in [1.82, 2.24) is 14.3 Å². The summed E-state index contributed by atoms with van der Waals surface area (Å²) in [5.41, 5.74) is -1.78. The fourth-order valence-corrected chi connectivity index (χ4v) is 4.62. The van der Waals surface area contributed by atoms with Gasteiger partial charge in [-0.3, -0.25) is 0 Å². The predicted octanol–water partition coefficient (Wildman–Crippen LogP) is 6.33. The van der Waals surface area contributed by atoms with Gasteiger partial charge in [0.15, 0.2) is 0 Å². The maximum absolute atomic E-state index is 14.3. The fourth-order valence-electron chi connectivity index (χ4n) is 4.02. The van der Waals surface area contributed by atoms with Gasteiger partial charge >= 0.3 is 6.18 Å². The fraction of sp³-hybridized carbons (Fsp3) is 0.125. The molecule has 5 aromatic rings. The van der Waals surface area contributed by atoms with E-state index in [2.05, 4.69) is 21.0 Å². The van der Waals surface area contributed by atoms with Crippen molar-refractivity contribution in [3.8, 4) is 5.69 Å². The molecular formula is C24H16BrF4N3O. The highest BCUT2D eigenvalue weighted by atomic mass is 79.9. The number of hydrogen-bond acceptors (Lipinski definition) is 2. The van der Waals surface area contributed by atoms with Crippen molar-refractivity contribution in [3.05, 3.63) is 95.0 Å². The van der Waals surface area contributed by atoms with Crippen molar-refractivity contribution in [3.63, 3.8) is 0 Å². The van der Waals surface area contributed by atoms with Crippen molar-refractivity contribution < 1.29 is 22.7 Å². The summed E-state index contributed by atoms with van der Waals surface area (Å²) in [6, 6.07) is 16.6. The minimum Gasteiger partial charge on any atom is -0.375 e. The van der Waals surface area contributed by atoms with Gasteiger partial charge in [0, 0.05) is 21.4 Å². The molecule has 2 aromatic heterocycles. The summed E-state index contributed by atoms with van der Waals surface area (Å²) in [7, 11) is 0. The Kier molecular flexibility index (Phi) is 5.06. The average Bonchev–Trinajstić information content (AvgIpc) is 3.38. The second kappa shape index (κ2) is 7.71. The molecule has 0 radical (unpaired) electrons. The predicted molar refractivity (Wildman–Crippen MR) is 121 cm³/mol. The Morgan fingerprint density at radius 2 is 1.70 bits per heavy atom. The summed E-state index contributed by atoms with van der Waals surface area (Å²) < 4.78 is 59.5. The molecule has 33 heavy (non-hydrogen) atoms. The molecule has 2 heterocycles. The smallest absolute Gasteiger partial charge is 0.375 e. The van der Waals surface area contributed by atoms with Gasteiger partial charge in [0.2, 0.25) is 5.60 Å². The van der Waals surface area contributed by atoms with E-state index in [1.54, 1.807) is 24.3 Å². The molecule has 5 rings (SSSR count). The van der Waals surface area contributed by atoms with Crippen LogP contribution in [0.5, 0.6) is 0 Å². The van der Waals surface area contributed by atoms with Crippen molar-refractivity contribution >= 4 is 37.7 Å². The summed E-state index contributed by atoms with van der Waals surface area (Å²) in [4.78, 5) is 0. The topological polar surface area (TPSA) is 43.0 Å². The van der Waals surface area contributed by atoms with Crippen LogP contribution in [-0.4, -0.2) is 25.6 Å². The van der Waals surface area contributed by atoms with E-state index in [1.807, 2.05) is 0 Å². The Bertz CT molecular complexity index is 1470. The lowest BCUT2D eigenvalue weighted by Crippen LogP contribution is -2.45. The van der Waals surface area contributed by atoms with Crippen LogP contribution in [0, 0.1) is 5.82 Å². The quantitative estimate of drug-likeness (QED) is 0.283. The number of aromatic nitrogens is 3. The van der Waals surface area contributed by atoms with Gasteiger partial charge in [-0.15, -0.1) is 0 Å². The summed E-state index contributed by atoms with van der Waals surface area (Å²) in [5, 5.41) is 16.4. The monoisotopic (exact) mass is 517 g/mol. The number of benzene rings is 3. The number of aliphatic hydroxyl groups is 1. The van der Waals surface area contributed by atoms with E-state index in [1.165, 1.54) is 64.1 Å². The maximum atomic E-state index is 14.3. The van der Waals surface area contributed by atoms with E-state index in [9.17, 15) is 22.7 Å². The lowest BCUT2D eigenvalue weighted by Gasteiger charge is -2.32. The minimum absolute atomic E-state index is 0.296. The number of nitrogens with zero attached hydrogens (tertiary/aromatic N) is 3. The first-order chi connectivity index (χ1) is 15.7. The van der Waals surface area contributed by atoms with Crippen molar-refractivity contribution in [2.24, 2.45) is 0 Å². The SMILES string of the molecule is OC(Cn1ccc2cccc(Br)c21)(c1ccc2c(cnn2-c2ccc(F)cc2)c1)C(F)(F)F. The van der Waals surface area contributed by atoms with E-state index >= 15 is 0 Å². The zero-order valence-corrected chi connectivity index (χ0v) is 18.5. The maximum Gasteiger partial charge on any atom is 0.423 e. The van der Waals surface area contributed by atoms with Crippen molar-refractivity contribution in [1.29, 1.82) is 0 Å². The van der Waals surface area contributed by atoms with Gasteiger partial charge in [0.1, 0.15) is 5.82 Å². The molecule has 1 atom stereocenters. The van der Waals surface area contributed by atoms with E-state index in [-0.39, 0.29) is 5.56 Å². The van der Waals surface area contributed by atoms with E-state index < -0.39 is 24.1 Å². The number of halogens is 5. The van der Waals surface area contributed by atoms with Gasteiger partial charge in [-0.2, -0.15) is 18.3 Å². The van der Waals surface area contributed by atoms with E-state index in [0.29, 0.717) is 26.6 Å². The van der Waals surface area contributed by atoms with Crippen LogP contribution < -0.4 is 0 Å². The molecule has 0 saturated heterocycles. The molecule has 0 saturated carbocycles. The van der Waals surface area contributed by atoms with Crippen LogP contribution in [0.4, 0.5) is 17.6 Å². The molecule has 168 valence electrons. The van der Waals surface area contributed by atoms with E-state index in [0.717, 1.165) is 5.39 Å². The molecule has 0 amide bonds. The van der Waals surface area contributed by atoms with Crippen molar-refractivity contribution in [2.45, 2.75) is 18.3 Å². The Balaban J connectivity index is 1.60. The standard InChI is InChI=1S/C24H16BrF4N3O/c25-20-3-1-2-15-10-11-31(22(15)20)14-23(33,24(27,28)29)17-4-9-21-16(12-17)13-30-32(21)19-7-5-18(26)6-8-19/h1-13,33H,14H2. The first-order valence-corrected chi connectivity index (χ1v) is 10.7. The third kappa shape index (κ3) is 3.61. The zero-order chi connectivity index (χ0) is 23.4. The van der Waals surface area contributed by atoms with Crippen LogP contribution in [0.15, 0.2) is 83.6 Å². The molecule has 3 aromatic carbocycles. The molecule has 1 N–H and O–H groups in total. The molecule has 4 nitrogen and oxygen atoms in total. The second-order valence-corrected chi connectivity index (χ2v) is 8.64. The molecule has 9 heteroatoms. The molecule has 0 spiro atoms. The Morgan fingerprint density at radius 1 is 0.939 bits per heavy atom. The first-order valence-electron chi connectivity index (χ1n) is 9.94. The van der Waals surface area contributed by atoms with Gasteiger partial charge < -0.3 is 9.67 Å². The molecule has 0 aliphatic heterocycles. The average molecular weight is 518 g/mol. The van der Waals surface area contributed by atoms with Crippen LogP contribution in [0.3, 0.4) is 0 Å². The summed E-state index contributed by atoms with van der Waals surface area (Å²) in [5.74, 6) is -0.406. The highest BCUT2D eigenvalue weighted by Crippen LogP contribution is 2.42. The number of hydrogen-bond donors (Lipinski definition) is 1. The van der Waals surface area contributed by atoms with Crippen LogP contribution in [0.1, 0.15) is 5.56 Å². The molecule has 0 aliphatic rings. The highest BCUT2D eigenvalue weighted by Gasteiger charge is 2.55. The Hall–Kier alpha value is -3.17. The zero-order valence-electron chi connectivity index (χ0n) is 16.9. The lowest BCUT2D eigenvalue weighted by molar-refractivity contribution is -0.271. The molecule has 0 fully saturated rings. The second-order valence-electron chi connectivity index (χ2n) is 7.79. The summed E-state index contributed by atoms with van der Waals surface area (Å²) in [6.07, 6.45) is -2.00. The van der Waals surface area contributed by atoms with Crippen LogP contribution in [0.2, 0.25) is 0 Å².